The van der Waals surface area contributed by atoms with Gasteiger partial charge in [-0.25, -0.2) is 0 Å². The number of unbranched alkanes of at least 4 members (excludes halogenated alkanes) is 22. The molecule has 0 aliphatic rings. The van der Waals surface area contributed by atoms with Crippen molar-refractivity contribution in [2.45, 2.75) is 239 Å². The second-order valence-electron chi connectivity index (χ2n) is 16.0. The first kappa shape index (κ1) is 55.1. The van der Waals surface area contributed by atoms with Crippen molar-refractivity contribution in [1.82, 2.24) is 0 Å². The monoisotopic (exact) mass is 811 g/mol. The van der Waals surface area contributed by atoms with Crippen molar-refractivity contribution >= 4 is 17.9 Å². The molecule has 334 valence electrons. The molecule has 0 aromatic rings. The fraction of sp³-hybridized carbons (Fsp3) is 0.750. The molecule has 0 N–H and O–H groups in total. The van der Waals surface area contributed by atoms with Crippen molar-refractivity contribution in [2.75, 3.05) is 13.2 Å². The quantitative estimate of drug-likeness (QED) is 0.0264. The van der Waals surface area contributed by atoms with E-state index in [9.17, 15) is 14.4 Å². The van der Waals surface area contributed by atoms with Crippen LogP contribution in [0, 0.1) is 0 Å². The number of ether oxygens (including phenoxy) is 3. The van der Waals surface area contributed by atoms with Gasteiger partial charge in [0.05, 0.1) is 0 Å². The third kappa shape index (κ3) is 44.2. The number of carbonyl (C=O) groups is 3. The van der Waals surface area contributed by atoms with Crippen molar-refractivity contribution < 1.29 is 28.6 Å². The summed E-state index contributed by atoms with van der Waals surface area (Å²) in [5.74, 6) is -1.08. The topological polar surface area (TPSA) is 78.9 Å². The number of rotatable bonds is 43. The number of allylic oxidation sites excluding steroid dienone is 10. The smallest absolute Gasteiger partial charge is 0.306 e. The second-order valence-corrected chi connectivity index (χ2v) is 16.0. The lowest BCUT2D eigenvalue weighted by molar-refractivity contribution is -0.166. The molecule has 1 unspecified atom stereocenters. The third-order valence-electron chi connectivity index (χ3n) is 10.2. The summed E-state index contributed by atoms with van der Waals surface area (Å²) in [5, 5.41) is 0. The van der Waals surface area contributed by atoms with Crippen molar-refractivity contribution in [3.05, 3.63) is 60.8 Å². The lowest BCUT2D eigenvalue weighted by atomic mass is 10.1. The van der Waals surface area contributed by atoms with E-state index in [4.69, 9.17) is 14.2 Å². The molecular formula is C52H90O6. The van der Waals surface area contributed by atoms with Crippen molar-refractivity contribution in [3.63, 3.8) is 0 Å². The van der Waals surface area contributed by atoms with Crippen LogP contribution in [0.3, 0.4) is 0 Å². The molecule has 6 heteroatoms. The van der Waals surface area contributed by atoms with Gasteiger partial charge in [-0.15, -0.1) is 0 Å². The molecule has 0 bridgehead atoms. The van der Waals surface area contributed by atoms with Gasteiger partial charge in [-0.2, -0.15) is 0 Å². The van der Waals surface area contributed by atoms with Gasteiger partial charge in [0.2, 0.25) is 0 Å². The van der Waals surface area contributed by atoms with Gasteiger partial charge in [-0.1, -0.05) is 191 Å². The van der Waals surface area contributed by atoms with Crippen LogP contribution in [-0.4, -0.2) is 37.2 Å². The first-order valence-electron chi connectivity index (χ1n) is 24.3. The van der Waals surface area contributed by atoms with Crippen LogP contribution in [0.5, 0.6) is 0 Å². The van der Waals surface area contributed by atoms with E-state index in [0.29, 0.717) is 19.3 Å². The first-order valence-corrected chi connectivity index (χ1v) is 24.3. The molecule has 0 saturated heterocycles. The highest BCUT2D eigenvalue weighted by Gasteiger charge is 2.19. The average Bonchev–Trinajstić information content (AvgIpc) is 3.22. The third-order valence-corrected chi connectivity index (χ3v) is 10.2. The number of hydrogen-bond acceptors (Lipinski definition) is 6. The SMILES string of the molecule is CCCCCCCC/C=C\C/C=C\CCC(=O)OCC(COC(=O)CCCCC/C=C\CCCCCCCCC)OC(=O)CC/C=C\C/C=C\CCCCCCCC. The Bertz CT molecular complexity index is 1070. The van der Waals surface area contributed by atoms with Crippen LogP contribution in [0.4, 0.5) is 0 Å². The van der Waals surface area contributed by atoms with E-state index in [2.05, 4.69) is 69.4 Å². The minimum Gasteiger partial charge on any atom is -0.462 e. The molecule has 0 radical (unpaired) electrons. The number of esters is 3. The highest BCUT2D eigenvalue weighted by Crippen LogP contribution is 2.12. The summed E-state index contributed by atoms with van der Waals surface area (Å²) >= 11 is 0. The fourth-order valence-corrected chi connectivity index (χ4v) is 6.54. The highest BCUT2D eigenvalue weighted by molar-refractivity contribution is 5.71. The average molecular weight is 811 g/mol. The molecule has 0 heterocycles. The Kier molecular flexibility index (Phi) is 44.5. The van der Waals surface area contributed by atoms with E-state index < -0.39 is 12.1 Å². The van der Waals surface area contributed by atoms with E-state index in [-0.39, 0.29) is 38.0 Å². The van der Waals surface area contributed by atoms with Gasteiger partial charge in [-0.05, 0) is 83.5 Å². The number of carbonyl (C=O) groups excluding carboxylic acids is 3. The normalized spacial score (nSPS) is 12.5. The lowest BCUT2D eigenvalue weighted by Gasteiger charge is -2.18. The van der Waals surface area contributed by atoms with Crippen LogP contribution in [0.2, 0.25) is 0 Å². The molecule has 0 rings (SSSR count). The minimum atomic E-state index is -0.830. The Hall–Kier alpha value is -2.89. The molecule has 0 amide bonds. The molecule has 0 aromatic carbocycles. The standard InChI is InChI=1S/C52H90O6/c1-4-7-10-13-16-19-22-25-28-30-33-36-39-42-45-51(54)57-48-49(58-52(55)46-43-40-37-34-31-27-24-21-18-15-12-9-6-3)47-56-50(53)44-41-38-35-32-29-26-23-20-17-14-11-8-5-2/h26-31,35,37-38,40,49H,4-25,32-34,36,39,41-48H2,1-3H3/b29-26-,30-28-,31-27-,38-35-,40-37-. The summed E-state index contributed by atoms with van der Waals surface area (Å²) < 4.78 is 16.6. The molecule has 0 aliphatic heterocycles. The van der Waals surface area contributed by atoms with Crippen LogP contribution >= 0.6 is 0 Å². The summed E-state index contributed by atoms with van der Waals surface area (Å²) in [6, 6.07) is 0. The zero-order valence-corrected chi connectivity index (χ0v) is 38.0. The lowest BCUT2D eigenvalue weighted by Crippen LogP contribution is -2.30. The van der Waals surface area contributed by atoms with Gasteiger partial charge in [-0.3, -0.25) is 14.4 Å². The van der Waals surface area contributed by atoms with Gasteiger partial charge in [0, 0.05) is 19.3 Å². The summed E-state index contributed by atoms with van der Waals surface area (Å²) in [6.07, 6.45) is 56.6. The van der Waals surface area contributed by atoms with Crippen LogP contribution in [0.15, 0.2) is 60.8 Å². The fourth-order valence-electron chi connectivity index (χ4n) is 6.54. The van der Waals surface area contributed by atoms with Gasteiger partial charge in [0.25, 0.3) is 0 Å². The van der Waals surface area contributed by atoms with Crippen molar-refractivity contribution in [3.8, 4) is 0 Å². The van der Waals surface area contributed by atoms with Crippen LogP contribution in [0.25, 0.3) is 0 Å². The molecule has 0 aromatic heterocycles. The molecule has 0 spiro atoms. The molecular weight excluding hydrogens is 721 g/mol. The summed E-state index contributed by atoms with van der Waals surface area (Å²) in [7, 11) is 0. The molecule has 6 nitrogen and oxygen atoms in total. The molecule has 1 atom stereocenters. The Balaban J connectivity index is 4.53. The maximum absolute atomic E-state index is 12.7. The zero-order valence-electron chi connectivity index (χ0n) is 38.0. The van der Waals surface area contributed by atoms with Crippen LogP contribution < -0.4 is 0 Å². The number of hydrogen-bond donors (Lipinski definition) is 0. The molecule has 58 heavy (non-hydrogen) atoms. The van der Waals surface area contributed by atoms with Gasteiger partial charge >= 0.3 is 17.9 Å². The van der Waals surface area contributed by atoms with Crippen molar-refractivity contribution in [1.29, 1.82) is 0 Å². The molecule has 0 saturated carbocycles. The Morgan fingerprint density at radius 3 is 1.07 bits per heavy atom. The Morgan fingerprint density at radius 2 is 0.655 bits per heavy atom. The van der Waals surface area contributed by atoms with Crippen molar-refractivity contribution in [2.24, 2.45) is 0 Å². The van der Waals surface area contributed by atoms with Gasteiger partial charge in [0.1, 0.15) is 13.2 Å². The summed E-state index contributed by atoms with van der Waals surface area (Å²) in [6.45, 7) is 6.49. The van der Waals surface area contributed by atoms with Crippen LogP contribution in [0.1, 0.15) is 233 Å². The van der Waals surface area contributed by atoms with E-state index in [0.717, 1.165) is 57.8 Å². The maximum atomic E-state index is 12.7. The van der Waals surface area contributed by atoms with E-state index in [1.807, 2.05) is 12.2 Å². The van der Waals surface area contributed by atoms with E-state index in [1.165, 1.54) is 122 Å². The zero-order chi connectivity index (χ0) is 42.3. The minimum absolute atomic E-state index is 0.122. The van der Waals surface area contributed by atoms with E-state index >= 15 is 0 Å². The van der Waals surface area contributed by atoms with Gasteiger partial charge < -0.3 is 14.2 Å². The molecule has 0 aliphatic carbocycles. The predicted octanol–water partition coefficient (Wildman–Crippen LogP) is 15.7. The maximum Gasteiger partial charge on any atom is 0.306 e. The molecule has 0 fully saturated rings. The van der Waals surface area contributed by atoms with Crippen LogP contribution in [-0.2, 0) is 28.6 Å². The summed E-state index contributed by atoms with van der Waals surface area (Å²) in [5.41, 5.74) is 0. The van der Waals surface area contributed by atoms with Gasteiger partial charge in [0.15, 0.2) is 6.10 Å². The Morgan fingerprint density at radius 1 is 0.345 bits per heavy atom. The Labute approximate surface area is 358 Å². The van der Waals surface area contributed by atoms with E-state index in [1.54, 1.807) is 0 Å². The second kappa shape index (κ2) is 46.8. The summed E-state index contributed by atoms with van der Waals surface area (Å²) in [4.78, 5) is 37.7. The first-order chi connectivity index (χ1) is 28.5. The predicted molar refractivity (Wildman–Crippen MR) is 247 cm³/mol. The highest BCUT2D eigenvalue weighted by atomic mass is 16.6. The largest absolute Gasteiger partial charge is 0.462 e.